The normalized spacial score (nSPS) is 11.8. The van der Waals surface area contributed by atoms with Gasteiger partial charge in [0.1, 0.15) is 6.07 Å². The van der Waals surface area contributed by atoms with E-state index in [0.29, 0.717) is 18.4 Å². The number of carbonyl (C=O) groups is 1. The van der Waals surface area contributed by atoms with Crippen LogP contribution in [0.4, 0.5) is 5.69 Å². The van der Waals surface area contributed by atoms with E-state index in [1.807, 2.05) is 19.9 Å². The summed E-state index contributed by atoms with van der Waals surface area (Å²) in [6.07, 6.45) is 1.05. The lowest BCUT2D eigenvalue weighted by molar-refractivity contribution is -0.384. The molecule has 0 aromatic heterocycles. The summed E-state index contributed by atoms with van der Waals surface area (Å²) in [6.45, 7) is 3.74. The molecule has 2 rings (SSSR count). The summed E-state index contributed by atoms with van der Waals surface area (Å²) in [7, 11) is -3.05. The Morgan fingerprint density at radius 3 is 2.23 bits per heavy atom. The standard InChI is InChI=1S/C24H28N3O7P/c1-4-14-33-35(31,34-15-5-2)26(18-19-10-7-6-8-11-19)23(22(17-25)24(28)32-3)20-12-9-13-21(16-20)27(29)30/h6-13,16H,4-5,14-15,18H2,1-3H3. The molecule has 0 fully saturated rings. The predicted octanol–water partition coefficient (Wildman–Crippen LogP) is 5.47. The van der Waals surface area contributed by atoms with E-state index in [9.17, 15) is 24.7 Å². The molecule has 186 valence electrons. The topological polar surface area (TPSA) is 132 Å². The summed E-state index contributed by atoms with van der Waals surface area (Å²) in [5.74, 6) is -0.996. The fraction of sp³-hybridized carbons (Fsp3) is 0.333. The van der Waals surface area contributed by atoms with E-state index in [-0.39, 0.29) is 36.7 Å². The van der Waals surface area contributed by atoms with E-state index in [0.717, 1.165) is 7.11 Å². The second-order valence-electron chi connectivity index (χ2n) is 7.31. The first-order valence-electron chi connectivity index (χ1n) is 11.0. The summed E-state index contributed by atoms with van der Waals surface area (Å²) in [6, 6.07) is 16.1. The van der Waals surface area contributed by atoms with Crippen LogP contribution in [-0.4, -0.2) is 35.9 Å². The number of esters is 1. The minimum atomic E-state index is -4.16. The van der Waals surface area contributed by atoms with Crippen molar-refractivity contribution in [3.05, 3.63) is 81.4 Å². The zero-order valence-electron chi connectivity index (χ0n) is 19.9. The number of carbonyl (C=O) groups excluding carboxylic acids is 1. The fourth-order valence-corrected chi connectivity index (χ4v) is 5.10. The maximum atomic E-state index is 14.3. The molecule has 0 bridgehead atoms. The van der Waals surface area contributed by atoms with Crippen LogP contribution in [-0.2, 0) is 29.7 Å². The molecular weight excluding hydrogens is 473 g/mol. The van der Waals surface area contributed by atoms with Crippen LogP contribution in [0.2, 0.25) is 0 Å². The average molecular weight is 501 g/mol. The maximum Gasteiger partial charge on any atom is 0.435 e. The first-order valence-corrected chi connectivity index (χ1v) is 12.5. The van der Waals surface area contributed by atoms with E-state index < -0.39 is 24.2 Å². The highest BCUT2D eigenvalue weighted by atomic mass is 31.2. The summed E-state index contributed by atoms with van der Waals surface area (Å²) < 4.78 is 31.7. The van der Waals surface area contributed by atoms with Crippen molar-refractivity contribution in [2.24, 2.45) is 0 Å². The minimum absolute atomic E-state index is 0.0776. The highest BCUT2D eigenvalue weighted by molar-refractivity contribution is 7.51. The summed E-state index contributed by atoms with van der Waals surface area (Å²) in [5.41, 5.74) is -0.136. The molecule has 0 radical (unpaired) electrons. The van der Waals surface area contributed by atoms with Crippen molar-refractivity contribution in [1.82, 2.24) is 4.67 Å². The number of nitriles is 1. The Morgan fingerprint density at radius 1 is 1.09 bits per heavy atom. The third-order valence-electron chi connectivity index (χ3n) is 4.71. The van der Waals surface area contributed by atoms with Gasteiger partial charge < -0.3 is 4.74 Å². The van der Waals surface area contributed by atoms with E-state index in [1.54, 1.807) is 30.3 Å². The van der Waals surface area contributed by atoms with Gasteiger partial charge in [-0.1, -0.05) is 56.3 Å². The number of hydrogen-bond acceptors (Lipinski definition) is 8. The molecule has 0 aliphatic rings. The number of nitro benzene ring substituents is 1. The summed E-state index contributed by atoms with van der Waals surface area (Å²) >= 11 is 0. The van der Waals surface area contributed by atoms with Gasteiger partial charge in [-0.25, -0.2) is 9.36 Å². The van der Waals surface area contributed by atoms with Crippen LogP contribution in [0.1, 0.15) is 37.8 Å². The number of benzene rings is 2. The zero-order valence-corrected chi connectivity index (χ0v) is 20.8. The van der Waals surface area contributed by atoms with E-state index in [1.165, 1.54) is 28.9 Å². The highest BCUT2D eigenvalue weighted by Crippen LogP contribution is 2.57. The fourth-order valence-electron chi connectivity index (χ4n) is 3.12. The van der Waals surface area contributed by atoms with Crippen LogP contribution >= 0.6 is 7.75 Å². The highest BCUT2D eigenvalue weighted by Gasteiger charge is 2.39. The molecule has 2 aromatic carbocycles. The molecule has 0 saturated heterocycles. The minimum Gasteiger partial charge on any atom is -0.465 e. The number of hydrogen-bond donors (Lipinski definition) is 0. The predicted molar refractivity (Wildman–Crippen MR) is 130 cm³/mol. The Labute approximate surface area is 204 Å². The van der Waals surface area contributed by atoms with Crippen LogP contribution < -0.4 is 0 Å². The van der Waals surface area contributed by atoms with Crippen LogP contribution in [0.5, 0.6) is 0 Å². The van der Waals surface area contributed by atoms with Gasteiger partial charge in [-0.05, 0) is 18.4 Å². The summed E-state index contributed by atoms with van der Waals surface area (Å²) in [5, 5.41) is 21.4. The lowest BCUT2D eigenvalue weighted by Crippen LogP contribution is -2.25. The van der Waals surface area contributed by atoms with Crippen LogP contribution in [0.3, 0.4) is 0 Å². The van der Waals surface area contributed by atoms with Gasteiger partial charge in [-0.2, -0.15) is 5.26 Å². The molecule has 35 heavy (non-hydrogen) atoms. The third-order valence-corrected chi connectivity index (χ3v) is 6.67. The van der Waals surface area contributed by atoms with Crippen molar-refractivity contribution in [2.75, 3.05) is 20.3 Å². The number of methoxy groups -OCH3 is 1. The largest absolute Gasteiger partial charge is 0.465 e. The zero-order chi connectivity index (χ0) is 25.8. The van der Waals surface area contributed by atoms with Crippen molar-refractivity contribution in [3.63, 3.8) is 0 Å². The molecule has 2 aromatic rings. The van der Waals surface area contributed by atoms with Crippen molar-refractivity contribution >= 4 is 25.1 Å². The Morgan fingerprint density at radius 2 is 1.71 bits per heavy atom. The lowest BCUT2D eigenvalue weighted by Gasteiger charge is -2.34. The SMILES string of the molecule is CCCOP(=O)(OCCC)N(Cc1ccccc1)C(=C(C#N)C(=O)OC)c1cccc([N+](=O)[O-])c1. The molecule has 0 aliphatic heterocycles. The Hall–Kier alpha value is -3.51. The maximum absolute atomic E-state index is 14.3. The molecule has 11 heteroatoms. The number of non-ortho nitro benzene ring substituents is 1. The first-order chi connectivity index (χ1) is 16.8. The molecular formula is C24H28N3O7P. The monoisotopic (exact) mass is 501 g/mol. The number of nitrogens with zero attached hydrogens (tertiary/aromatic N) is 3. The van der Waals surface area contributed by atoms with Gasteiger partial charge in [0, 0.05) is 17.7 Å². The quantitative estimate of drug-likeness (QED) is 0.0875. The van der Waals surface area contributed by atoms with Crippen LogP contribution in [0.25, 0.3) is 5.70 Å². The smallest absolute Gasteiger partial charge is 0.435 e. The van der Waals surface area contributed by atoms with Crippen LogP contribution in [0, 0.1) is 21.4 Å². The molecule has 0 spiro atoms. The molecule has 0 atom stereocenters. The van der Waals surface area contributed by atoms with Gasteiger partial charge in [0.25, 0.3) is 5.69 Å². The molecule has 0 saturated carbocycles. The first kappa shape index (κ1) is 27.7. The van der Waals surface area contributed by atoms with Gasteiger partial charge in [-0.3, -0.25) is 23.8 Å². The lowest BCUT2D eigenvalue weighted by atomic mass is 10.1. The van der Waals surface area contributed by atoms with Crippen LogP contribution in [0.15, 0.2) is 60.2 Å². The molecule has 0 amide bonds. The molecule has 0 N–H and O–H groups in total. The van der Waals surface area contributed by atoms with E-state index in [4.69, 9.17) is 13.8 Å². The van der Waals surface area contributed by atoms with Gasteiger partial charge in [-0.15, -0.1) is 0 Å². The summed E-state index contributed by atoms with van der Waals surface area (Å²) in [4.78, 5) is 23.5. The van der Waals surface area contributed by atoms with Crippen molar-refractivity contribution in [2.45, 2.75) is 33.2 Å². The number of nitro groups is 1. The second kappa shape index (κ2) is 13.4. The average Bonchev–Trinajstić information content (AvgIpc) is 2.88. The van der Waals surface area contributed by atoms with Gasteiger partial charge >= 0.3 is 13.7 Å². The Balaban J connectivity index is 2.89. The Kier molecular flexibility index (Phi) is 10.6. The van der Waals surface area contributed by atoms with Gasteiger partial charge in [0.05, 0.1) is 37.5 Å². The van der Waals surface area contributed by atoms with E-state index in [2.05, 4.69) is 0 Å². The molecule has 10 nitrogen and oxygen atoms in total. The molecule has 0 unspecified atom stereocenters. The third kappa shape index (κ3) is 7.23. The number of ether oxygens (including phenoxy) is 1. The van der Waals surface area contributed by atoms with E-state index >= 15 is 0 Å². The Bertz CT molecular complexity index is 1130. The van der Waals surface area contributed by atoms with Gasteiger partial charge in [0.2, 0.25) is 0 Å². The number of rotatable bonds is 13. The molecule has 0 heterocycles. The van der Waals surface area contributed by atoms with Crippen molar-refractivity contribution in [1.29, 1.82) is 5.26 Å². The molecule has 0 aliphatic carbocycles. The second-order valence-corrected chi connectivity index (χ2v) is 9.25. The van der Waals surface area contributed by atoms with Gasteiger partial charge in [0.15, 0.2) is 5.57 Å². The van der Waals surface area contributed by atoms with Crippen molar-refractivity contribution < 1.29 is 28.1 Å². The van der Waals surface area contributed by atoms with Crippen molar-refractivity contribution in [3.8, 4) is 6.07 Å².